The molecule has 0 heterocycles. The lowest BCUT2D eigenvalue weighted by Crippen LogP contribution is -2.29. The molecule has 5 nitrogen and oxygen atoms in total. The van der Waals surface area contributed by atoms with E-state index in [9.17, 15) is 9.59 Å². The van der Waals surface area contributed by atoms with Crippen LogP contribution in [0.4, 0.5) is 5.69 Å². The van der Waals surface area contributed by atoms with Crippen LogP contribution >= 0.6 is 0 Å². The first-order valence-electron chi connectivity index (χ1n) is 8.56. The Labute approximate surface area is 148 Å². The molecular weight excluding hydrogens is 314 g/mol. The second-order valence-electron chi connectivity index (χ2n) is 5.91. The number of benzene rings is 2. The van der Waals surface area contributed by atoms with Crippen molar-refractivity contribution in [1.29, 1.82) is 0 Å². The van der Waals surface area contributed by atoms with E-state index in [1.807, 2.05) is 44.2 Å². The molecule has 0 radical (unpaired) electrons. The number of anilines is 1. The quantitative estimate of drug-likeness (QED) is 0.647. The molecule has 25 heavy (non-hydrogen) atoms. The molecule has 0 aliphatic heterocycles. The number of carbonyl (C=O) groups excluding carboxylic acids is 2. The number of carbonyl (C=O) groups is 2. The number of hydrogen-bond acceptors (Lipinski definition) is 3. The molecule has 132 valence electrons. The van der Waals surface area contributed by atoms with Crippen LogP contribution in [0.1, 0.15) is 42.2 Å². The van der Waals surface area contributed by atoms with Crippen molar-refractivity contribution in [2.24, 2.45) is 0 Å². The van der Waals surface area contributed by atoms with Crippen LogP contribution in [0.5, 0.6) is 0 Å². The van der Waals surface area contributed by atoms with Gasteiger partial charge >= 0.3 is 0 Å². The summed E-state index contributed by atoms with van der Waals surface area (Å²) >= 11 is 0. The monoisotopic (exact) mass is 339 g/mol. The third-order valence-electron chi connectivity index (χ3n) is 3.77. The fraction of sp³-hybridized carbons (Fsp3) is 0.300. The summed E-state index contributed by atoms with van der Waals surface area (Å²) in [6.07, 6.45) is 0.975. The van der Waals surface area contributed by atoms with Crippen molar-refractivity contribution in [3.8, 4) is 0 Å². The molecule has 0 fully saturated rings. The van der Waals surface area contributed by atoms with E-state index >= 15 is 0 Å². The van der Waals surface area contributed by atoms with Gasteiger partial charge in [-0.2, -0.15) is 0 Å². The fourth-order valence-corrected chi connectivity index (χ4v) is 2.43. The molecular formula is C20H25N3O2. The Morgan fingerprint density at radius 1 is 1.04 bits per heavy atom. The minimum Gasteiger partial charge on any atom is -0.346 e. The summed E-state index contributed by atoms with van der Waals surface area (Å²) in [6.45, 7) is 5.05. The van der Waals surface area contributed by atoms with E-state index in [2.05, 4.69) is 16.0 Å². The van der Waals surface area contributed by atoms with Crippen LogP contribution in [0.2, 0.25) is 0 Å². The first-order valence-corrected chi connectivity index (χ1v) is 8.56. The predicted molar refractivity (Wildman–Crippen MR) is 101 cm³/mol. The minimum atomic E-state index is -0.170. The first kappa shape index (κ1) is 18.7. The van der Waals surface area contributed by atoms with E-state index in [4.69, 9.17) is 0 Å². The highest BCUT2D eigenvalue weighted by atomic mass is 16.2. The summed E-state index contributed by atoms with van der Waals surface area (Å²) in [5, 5.41) is 8.82. The van der Waals surface area contributed by atoms with Crippen molar-refractivity contribution >= 4 is 17.5 Å². The van der Waals surface area contributed by atoms with Crippen molar-refractivity contribution < 1.29 is 9.59 Å². The zero-order chi connectivity index (χ0) is 18.1. The van der Waals surface area contributed by atoms with Crippen LogP contribution < -0.4 is 16.0 Å². The predicted octanol–water partition coefficient (Wildman–Crippen LogP) is 3.12. The zero-order valence-electron chi connectivity index (χ0n) is 14.7. The Morgan fingerprint density at radius 3 is 2.52 bits per heavy atom. The van der Waals surface area contributed by atoms with Gasteiger partial charge in [-0.3, -0.25) is 9.59 Å². The van der Waals surface area contributed by atoms with Crippen LogP contribution in [0, 0.1) is 0 Å². The maximum atomic E-state index is 12.4. The highest BCUT2D eigenvalue weighted by Crippen LogP contribution is 2.14. The number of nitrogens with one attached hydrogen (secondary N) is 3. The zero-order valence-corrected chi connectivity index (χ0v) is 14.7. The normalized spacial score (nSPS) is 11.6. The largest absolute Gasteiger partial charge is 0.346 e. The van der Waals surface area contributed by atoms with Crippen molar-refractivity contribution in [3.05, 3.63) is 65.7 Å². The molecule has 0 aliphatic carbocycles. The molecule has 1 unspecified atom stereocenters. The Hall–Kier alpha value is -2.66. The first-order chi connectivity index (χ1) is 12.1. The molecule has 0 bridgehead atoms. The van der Waals surface area contributed by atoms with Gasteiger partial charge in [0.25, 0.3) is 5.91 Å². The van der Waals surface area contributed by atoms with E-state index in [-0.39, 0.29) is 24.4 Å². The van der Waals surface area contributed by atoms with Crippen molar-refractivity contribution in [1.82, 2.24) is 10.6 Å². The lowest BCUT2D eigenvalue weighted by molar-refractivity contribution is -0.115. The van der Waals surface area contributed by atoms with E-state index in [0.717, 1.165) is 18.5 Å². The van der Waals surface area contributed by atoms with Gasteiger partial charge in [0.1, 0.15) is 0 Å². The summed E-state index contributed by atoms with van der Waals surface area (Å²) in [6, 6.07) is 16.6. The molecule has 0 aliphatic rings. The smallest absolute Gasteiger partial charge is 0.251 e. The Morgan fingerprint density at radius 2 is 1.80 bits per heavy atom. The lowest BCUT2D eigenvalue weighted by Gasteiger charge is -2.15. The van der Waals surface area contributed by atoms with Gasteiger partial charge in [-0.05, 0) is 43.7 Å². The standard InChI is InChI=1S/C20H25N3O2/c1-3-12-21-14-19(24)23-18-11-7-10-17(13-18)20(25)22-15(2)16-8-5-4-6-9-16/h4-11,13,15,21H,3,12,14H2,1-2H3,(H,22,25)(H,23,24). The maximum absolute atomic E-state index is 12.4. The molecule has 2 aromatic carbocycles. The fourth-order valence-electron chi connectivity index (χ4n) is 2.43. The second kappa shape index (κ2) is 9.59. The Balaban J connectivity index is 1.95. The molecule has 2 rings (SSSR count). The number of amides is 2. The molecule has 0 aromatic heterocycles. The van der Waals surface area contributed by atoms with E-state index in [1.54, 1.807) is 24.3 Å². The third-order valence-corrected chi connectivity index (χ3v) is 3.77. The summed E-state index contributed by atoms with van der Waals surface area (Å²) in [4.78, 5) is 24.3. The third kappa shape index (κ3) is 6.04. The summed E-state index contributed by atoms with van der Waals surface area (Å²) in [5.41, 5.74) is 2.17. The van der Waals surface area contributed by atoms with Crippen LogP contribution in [-0.2, 0) is 4.79 Å². The molecule has 0 saturated heterocycles. The van der Waals surface area contributed by atoms with Crippen molar-refractivity contribution in [2.45, 2.75) is 26.3 Å². The van der Waals surface area contributed by atoms with Crippen LogP contribution in [0.15, 0.2) is 54.6 Å². The number of hydrogen-bond donors (Lipinski definition) is 3. The van der Waals surface area contributed by atoms with Gasteiger partial charge in [-0.1, -0.05) is 43.3 Å². The highest BCUT2D eigenvalue weighted by molar-refractivity contribution is 5.97. The van der Waals surface area contributed by atoms with E-state index in [1.165, 1.54) is 0 Å². The van der Waals surface area contributed by atoms with Gasteiger partial charge in [0, 0.05) is 11.3 Å². The highest BCUT2D eigenvalue weighted by Gasteiger charge is 2.12. The molecule has 2 aromatic rings. The summed E-state index contributed by atoms with van der Waals surface area (Å²) < 4.78 is 0. The minimum absolute atomic E-state index is 0.0924. The maximum Gasteiger partial charge on any atom is 0.251 e. The van der Waals surface area contributed by atoms with Gasteiger partial charge in [0.15, 0.2) is 0 Å². The van der Waals surface area contributed by atoms with Crippen molar-refractivity contribution in [2.75, 3.05) is 18.4 Å². The molecule has 0 spiro atoms. The van der Waals surface area contributed by atoms with Crippen LogP contribution in [-0.4, -0.2) is 24.9 Å². The van der Waals surface area contributed by atoms with Gasteiger partial charge in [0.2, 0.25) is 5.91 Å². The van der Waals surface area contributed by atoms with E-state index < -0.39 is 0 Å². The van der Waals surface area contributed by atoms with Gasteiger partial charge in [-0.25, -0.2) is 0 Å². The molecule has 3 N–H and O–H groups in total. The summed E-state index contributed by atoms with van der Waals surface area (Å²) in [7, 11) is 0. The topological polar surface area (TPSA) is 70.2 Å². The average molecular weight is 339 g/mol. The van der Waals surface area contributed by atoms with E-state index in [0.29, 0.717) is 11.3 Å². The lowest BCUT2D eigenvalue weighted by atomic mass is 10.1. The molecule has 5 heteroatoms. The summed E-state index contributed by atoms with van der Waals surface area (Å²) in [5.74, 6) is -0.291. The second-order valence-corrected chi connectivity index (χ2v) is 5.91. The molecule has 1 atom stereocenters. The molecule has 2 amide bonds. The van der Waals surface area contributed by atoms with Crippen LogP contribution in [0.25, 0.3) is 0 Å². The van der Waals surface area contributed by atoms with Crippen LogP contribution in [0.3, 0.4) is 0 Å². The average Bonchev–Trinajstić information content (AvgIpc) is 2.63. The molecule has 0 saturated carbocycles. The Bertz CT molecular complexity index is 701. The number of rotatable bonds is 8. The van der Waals surface area contributed by atoms with Gasteiger partial charge < -0.3 is 16.0 Å². The van der Waals surface area contributed by atoms with Crippen molar-refractivity contribution in [3.63, 3.8) is 0 Å². The Kier molecular flexibility index (Phi) is 7.16. The van der Waals surface area contributed by atoms with Gasteiger partial charge in [-0.15, -0.1) is 0 Å². The SMILES string of the molecule is CCCNCC(=O)Nc1cccc(C(=O)NC(C)c2ccccc2)c1. The van der Waals surface area contributed by atoms with Gasteiger partial charge in [0.05, 0.1) is 12.6 Å².